The van der Waals surface area contributed by atoms with Gasteiger partial charge in [-0.1, -0.05) is 53.3 Å². The Hall–Kier alpha value is -1.33. The number of nitrogens with zero attached hydrogens (tertiary/aromatic N) is 1. The van der Waals surface area contributed by atoms with E-state index in [4.69, 9.17) is 11.6 Å². The van der Waals surface area contributed by atoms with Crippen LogP contribution >= 0.6 is 22.9 Å². The molecule has 0 radical (unpaired) electrons. The van der Waals surface area contributed by atoms with Gasteiger partial charge in [-0.05, 0) is 0 Å². The van der Waals surface area contributed by atoms with Crippen molar-refractivity contribution in [3.8, 4) is 0 Å². The number of halogens is 3. The van der Waals surface area contributed by atoms with E-state index in [1.54, 1.807) is 30.3 Å². The zero-order valence-electron chi connectivity index (χ0n) is 8.36. The third-order valence-corrected chi connectivity index (χ3v) is 3.25. The van der Waals surface area contributed by atoms with E-state index in [0.717, 1.165) is 11.3 Å². The van der Waals surface area contributed by atoms with Crippen molar-refractivity contribution in [1.82, 2.24) is 4.98 Å². The van der Waals surface area contributed by atoms with Crippen molar-refractivity contribution >= 4 is 28.7 Å². The van der Waals surface area contributed by atoms with E-state index in [2.05, 4.69) is 4.98 Å². The van der Waals surface area contributed by atoms with Crippen LogP contribution < -0.4 is 0 Å². The van der Waals surface area contributed by atoms with Gasteiger partial charge in [0.05, 0.1) is 0 Å². The number of alkyl halides is 2. The van der Waals surface area contributed by atoms with Crippen LogP contribution in [0.2, 0.25) is 4.47 Å². The normalized spacial score (nSPS) is 10.8. The van der Waals surface area contributed by atoms with Crippen LogP contribution in [0.3, 0.4) is 0 Å². The number of benzene rings is 1. The summed E-state index contributed by atoms with van der Waals surface area (Å²) in [5.41, 5.74) is -0.205. The first-order valence-corrected chi connectivity index (χ1v) is 5.83. The summed E-state index contributed by atoms with van der Waals surface area (Å²) in [7, 11) is 0. The Kier molecular flexibility index (Phi) is 3.49. The summed E-state index contributed by atoms with van der Waals surface area (Å²) in [6.45, 7) is 0. The molecule has 2 nitrogen and oxygen atoms in total. The van der Waals surface area contributed by atoms with Gasteiger partial charge in [-0.25, -0.2) is 13.8 Å². The van der Waals surface area contributed by atoms with Crippen LogP contribution in [0, 0.1) is 0 Å². The van der Waals surface area contributed by atoms with Crippen molar-refractivity contribution in [2.75, 3.05) is 0 Å². The summed E-state index contributed by atoms with van der Waals surface area (Å²) in [5.74, 6) is -0.481. The second-order valence-corrected chi connectivity index (χ2v) is 4.76. The zero-order chi connectivity index (χ0) is 12.4. The minimum atomic E-state index is -2.80. The van der Waals surface area contributed by atoms with Crippen LogP contribution in [0.1, 0.15) is 27.4 Å². The van der Waals surface area contributed by atoms with Gasteiger partial charge in [0.15, 0.2) is 4.47 Å². The largest absolute Gasteiger partial charge is 0.288 e. The molecular formula is C11H6ClF2NOS. The molecule has 0 aliphatic heterocycles. The lowest BCUT2D eigenvalue weighted by molar-refractivity contribution is 0.102. The molecule has 6 heteroatoms. The highest BCUT2D eigenvalue weighted by Crippen LogP contribution is 2.31. The summed E-state index contributed by atoms with van der Waals surface area (Å²) in [4.78, 5) is 15.3. The van der Waals surface area contributed by atoms with Gasteiger partial charge in [0.25, 0.3) is 6.43 Å². The molecule has 2 rings (SSSR count). The average Bonchev–Trinajstić information content (AvgIpc) is 2.72. The van der Waals surface area contributed by atoms with Crippen molar-refractivity contribution in [2.24, 2.45) is 0 Å². The Bertz CT molecular complexity index is 542. The van der Waals surface area contributed by atoms with Gasteiger partial charge in [0.1, 0.15) is 10.6 Å². The van der Waals surface area contributed by atoms with Crippen LogP contribution in [0.4, 0.5) is 8.78 Å². The first-order valence-electron chi connectivity index (χ1n) is 4.63. The fraction of sp³-hybridized carbons (Fsp3) is 0.0909. The topological polar surface area (TPSA) is 30.0 Å². The van der Waals surface area contributed by atoms with Crippen molar-refractivity contribution in [3.63, 3.8) is 0 Å². The second kappa shape index (κ2) is 4.89. The molecule has 0 spiro atoms. The second-order valence-electron chi connectivity index (χ2n) is 3.18. The predicted molar refractivity (Wildman–Crippen MR) is 62.0 cm³/mol. The minimum Gasteiger partial charge on any atom is -0.288 e. The molecule has 0 aliphatic carbocycles. The van der Waals surface area contributed by atoms with E-state index < -0.39 is 17.9 Å². The molecule has 0 unspecified atom stereocenters. The van der Waals surface area contributed by atoms with Crippen LogP contribution in [0.5, 0.6) is 0 Å². The van der Waals surface area contributed by atoms with E-state index in [9.17, 15) is 13.6 Å². The number of hydrogen-bond acceptors (Lipinski definition) is 3. The third kappa shape index (κ3) is 2.50. The quantitative estimate of drug-likeness (QED) is 0.792. The SMILES string of the molecule is O=C(c1ccccc1)c1sc(Cl)nc1C(F)F. The first kappa shape index (κ1) is 12.1. The summed E-state index contributed by atoms with van der Waals surface area (Å²) in [6.07, 6.45) is -2.80. The van der Waals surface area contributed by atoms with E-state index >= 15 is 0 Å². The number of carbonyl (C=O) groups is 1. The summed E-state index contributed by atoms with van der Waals surface area (Å²) in [6, 6.07) is 8.19. The van der Waals surface area contributed by atoms with Crippen LogP contribution in [0.25, 0.3) is 0 Å². The molecule has 0 amide bonds. The Morgan fingerprint density at radius 3 is 2.53 bits per heavy atom. The molecule has 1 aromatic carbocycles. The maximum absolute atomic E-state index is 12.7. The molecule has 0 saturated carbocycles. The number of carbonyl (C=O) groups excluding carboxylic acids is 1. The summed E-state index contributed by atoms with van der Waals surface area (Å²) < 4.78 is 25.2. The smallest absolute Gasteiger partial charge is 0.282 e. The molecule has 1 heterocycles. The highest BCUT2D eigenvalue weighted by Gasteiger charge is 2.24. The number of hydrogen-bond donors (Lipinski definition) is 0. The molecule has 0 fully saturated rings. The highest BCUT2D eigenvalue weighted by molar-refractivity contribution is 7.17. The number of thiazole rings is 1. The van der Waals surface area contributed by atoms with Gasteiger partial charge in [-0.2, -0.15) is 0 Å². The highest BCUT2D eigenvalue weighted by atomic mass is 35.5. The van der Waals surface area contributed by atoms with Crippen LogP contribution in [0.15, 0.2) is 30.3 Å². The molecule has 2 aromatic rings. The van der Waals surface area contributed by atoms with Gasteiger partial charge in [0.2, 0.25) is 5.78 Å². The monoisotopic (exact) mass is 273 g/mol. The molecule has 0 saturated heterocycles. The Balaban J connectivity index is 2.44. The third-order valence-electron chi connectivity index (χ3n) is 2.08. The standard InChI is InChI=1S/C11H6ClF2NOS/c12-11-15-7(10(13)14)9(17-11)8(16)6-4-2-1-3-5-6/h1-5,10H. The van der Waals surface area contributed by atoms with Crippen LogP contribution in [-0.4, -0.2) is 10.8 Å². The van der Waals surface area contributed by atoms with Gasteiger partial charge >= 0.3 is 0 Å². The molecule has 17 heavy (non-hydrogen) atoms. The minimum absolute atomic E-state index is 0.0559. The number of aromatic nitrogens is 1. The molecule has 0 aliphatic rings. The van der Waals surface area contributed by atoms with Gasteiger partial charge < -0.3 is 0 Å². The maximum atomic E-state index is 12.7. The fourth-order valence-corrected chi connectivity index (χ4v) is 2.42. The Labute approximate surface area is 105 Å². The molecule has 88 valence electrons. The molecule has 0 bridgehead atoms. The van der Waals surface area contributed by atoms with Crippen LogP contribution in [-0.2, 0) is 0 Å². The summed E-state index contributed by atoms with van der Waals surface area (Å²) >= 11 is 6.33. The molecule has 0 N–H and O–H groups in total. The first-order chi connectivity index (χ1) is 8.09. The Morgan fingerprint density at radius 1 is 1.29 bits per heavy atom. The van der Waals surface area contributed by atoms with Gasteiger partial charge in [-0.15, -0.1) is 0 Å². The van der Waals surface area contributed by atoms with Crippen molar-refractivity contribution in [3.05, 3.63) is 50.9 Å². The van der Waals surface area contributed by atoms with E-state index in [-0.39, 0.29) is 9.34 Å². The van der Waals surface area contributed by atoms with Gasteiger partial charge in [-0.3, -0.25) is 4.79 Å². The zero-order valence-corrected chi connectivity index (χ0v) is 9.93. The van der Waals surface area contributed by atoms with E-state index in [1.165, 1.54) is 0 Å². The number of rotatable bonds is 3. The maximum Gasteiger partial charge on any atom is 0.282 e. The lowest BCUT2D eigenvalue weighted by Crippen LogP contribution is -2.02. The Morgan fingerprint density at radius 2 is 1.94 bits per heavy atom. The van der Waals surface area contributed by atoms with Gasteiger partial charge in [0, 0.05) is 5.56 Å². The average molecular weight is 274 g/mol. The van der Waals surface area contributed by atoms with Crippen molar-refractivity contribution in [2.45, 2.75) is 6.43 Å². The lowest BCUT2D eigenvalue weighted by atomic mass is 10.1. The van der Waals surface area contributed by atoms with E-state index in [0.29, 0.717) is 5.56 Å². The molecule has 1 aromatic heterocycles. The van der Waals surface area contributed by atoms with Crippen molar-refractivity contribution in [1.29, 1.82) is 0 Å². The van der Waals surface area contributed by atoms with Crippen molar-refractivity contribution < 1.29 is 13.6 Å². The summed E-state index contributed by atoms with van der Waals surface area (Å²) in [5, 5.41) is 0. The number of ketones is 1. The predicted octanol–water partition coefficient (Wildman–Crippen LogP) is 3.97. The molecule has 0 atom stereocenters. The molecular weight excluding hydrogens is 268 g/mol. The van der Waals surface area contributed by atoms with E-state index in [1.807, 2.05) is 0 Å². The fourth-order valence-electron chi connectivity index (χ4n) is 1.34. The lowest BCUT2D eigenvalue weighted by Gasteiger charge is -2.00.